The Morgan fingerprint density at radius 1 is 0.917 bits per heavy atom. The van der Waals surface area contributed by atoms with Gasteiger partial charge in [-0.1, -0.05) is 44.0 Å². The molecule has 1 saturated heterocycles. The van der Waals surface area contributed by atoms with E-state index in [-0.39, 0.29) is 0 Å². The van der Waals surface area contributed by atoms with Crippen molar-refractivity contribution in [1.29, 1.82) is 0 Å². The van der Waals surface area contributed by atoms with Crippen LogP contribution in [-0.4, -0.2) is 66.1 Å². The summed E-state index contributed by atoms with van der Waals surface area (Å²) in [6.45, 7) is 8.49. The minimum Gasteiger partial charge on any atom is -0.492 e. The van der Waals surface area contributed by atoms with Gasteiger partial charge >= 0.3 is 0 Å². The Hall–Kier alpha value is -3.15. The van der Waals surface area contributed by atoms with Gasteiger partial charge in [-0.2, -0.15) is 0 Å². The maximum atomic E-state index is 6.03. The van der Waals surface area contributed by atoms with Crippen molar-refractivity contribution in [3.05, 3.63) is 66.4 Å². The number of rotatable bonds is 10. The molecular formula is C31H38N4O. The summed E-state index contributed by atoms with van der Waals surface area (Å²) in [6.07, 6.45) is 9.28. The van der Waals surface area contributed by atoms with Crippen LogP contribution in [0.4, 0.5) is 0 Å². The first-order chi connectivity index (χ1) is 17.7. The Kier molecular flexibility index (Phi) is 7.99. The van der Waals surface area contributed by atoms with Gasteiger partial charge in [-0.05, 0) is 73.5 Å². The molecule has 0 radical (unpaired) electrons. The molecule has 2 aromatic heterocycles. The molecule has 0 spiro atoms. The SMILES string of the molecule is CCCCCC=Cc1ccc2c(n1)[nH]c1ccc(-c3ccc(OCCN4CCN(C)CC4)cc3)cc12. The zero-order chi connectivity index (χ0) is 24.7. The van der Waals surface area contributed by atoms with Crippen LogP contribution in [0.25, 0.3) is 39.1 Å². The number of hydrogen-bond donors (Lipinski definition) is 1. The number of allylic oxidation sites excluding steroid dienone is 1. The molecule has 36 heavy (non-hydrogen) atoms. The van der Waals surface area contributed by atoms with Crippen LogP contribution in [0.1, 0.15) is 38.3 Å². The van der Waals surface area contributed by atoms with E-state index in [4.69, 9.17) is 9.72 Å². The smallest absolute Gasteiger partial charge is 0.139 e. The fraction of sp³-hybridized carbons (Fsp3) is 0.387. The highest BCUT2D eigenvalue weighted by Crippen LogP contribution is 2.30. The first kappa shape index (κ1) is 24.5. The molecule has 0 unspecified atom stereocenters. The number of ether oxygens (including phenoxy) is 1. The van der Waals surface area contributed by atoms with Crippen molar-refractivity contribution in [1.82, 2.24) is 19.8 Å². The van der Waals surface area contributed by atoms with Gasteiger partial charge < -0.3 is 14.6 Å². The predicted octanol–water partition coefficient (Wildman–Crippen LogP) is 6.60. The van der Waals surface area contributed by atoms with Gasteiger partial charge in [0.15, 0.2) is 0 Å². The normalized spacial score (nSPS) is 15.4. The lowest BCUT2D eigenvalue weighted by molar-refractivity contribution is 0.134. The molecule has 1 N–H and O–H groups in total. The van der Waals surface area contributed by atoms with Gasteiger partial charge in [0, 0.05) is 49.0 Å². The summed E-state index contributed by atoms with van der Waals surface area (Å²) < 4.78 is 6.03. The van der Waals surface area contributed by atoms with Crippen molar-refractivity contribution in [2.24, 2.45) is 0 Å². The molecule has 1 aliphatic rings. The number of benzene rings is 2. The van der Waals surface area contributed by atoms with E-state index in [0.717, 1.165) is 68.4 Å². The zero-order valence-corrected chi connectivity index (χ0v) is 21.7. The summed E-state index contributed by atoms with van der Waals surface area (Å²) in [7, 11) is 2.19. The molecule has 5 heteroatoms. The molecule has 188 valence electrons. The van der Waals surface area contributed by atoms with Crippen molar-refractivity contribution in [2.75, 3.05) is 46.4 Å². The largest absolute Gasteiger partial charge is 0.492 e. The molecule has 0 aliphatic carbocycles. The third-order valence-corrected chi connectivity index (χ3v) is 7.20. The van der Waals surface area contributed by atoms with E-state index in [1.165, 1.54) is 41.2 Å². The second-order valence-electron chi connectivity index (χ2n) is 9.93. The summed E-state index contributed by atoms with van der Waals surface area (Å²) in [5.41, 5.74) is 5.47. The van der Waals surface area contributed by atoms with Gasteiger partial charge in [-0.15, -0.1) is 0 Å². The van der Waals surface area contributed by atoms with Crippen molar-refractivity contribution >= 4 is 28.0 Å². The van der Waals surface area contributed by atoms with Crippen LogP contribution in [0.3, 0.4) is 0 Å². The number of likely N-dealkylation sites (N-methyl/N-ethyl adjacent to an activating group) is 1. The Labute approximate surface area is 214 Å². The number of aromatic amines is 1. The second kappa shape index (κ2) is 11.7. The lowest BCUT2D eigenvalue weighted by atomic mass is 10.0. The standard InChI is InChI=1S/C31H38N4O/c1-3-4-5-6-7-8-26-12-15-28-29-23-25(11-16-30(29)33-31(28)32-26)24-9-13-27(14-10-24)36-22-21-35-19-17-34(2)18-20-35/h7-16,23H,3-6,17-22H2,1-2H3,(H,32,33). The van der Waals surface area contributed by atoms with Crippen LogP contribution < -0.4 is 4.74 Å². The van der Waals surface area contributed by atoms with Crippen LogP contribution >= 0.6 is 0 Å². The number of nitrogens with one attached hydrogen (secondary N) is 1. The second-order valence-corrected chi connectivity index (χ2v) is 9.93. The van der Waals surface area contributed by atoms with Gasteiger partial charge in [0.1, 0.15) is 18.0 Å². The van der Waals surface area contributed by atoms with Crippen LogP contribution in [0.5, 0.6) is 5.75 Å². The monoisotopic (exact) mass is 482 g/mol. The average Bonchev–Trinajstić information content (AvgIpc) is 3.27. The van der Waals surface area contributed by atoms with Crippen molar-refractivity contribution < 1.29 is 4.74 Å². The summed E-state index contributed by atoms with van der Waals surface area (Å²) in [5.74, 6) is 0.931. The van der Waals surface area contributed by atoms with Crippen molar-refractivity contribution in [3.8, 4) is 16.9 Å². The highest BCUT2D eigenvalue weighted by Gasteiger charge is 2.13. The number of piperazine rings is 1. The molecule has 2 aromatic carbocycles. The number of H-pyrrole nitrogens is 1. The number of nitrogens with zero attached hydrogens (tertiary/aromatic N) is 3. The van der Waals surface area contributed by atoms with E-state index in [1.54, 1.807) is 0 Å². The Bertz CT molecular complexity index is 1300. The molecule has 5 rings (SSSR count). The average molecular weight is 483 g/mol. The summed E-state index contributed by atoms with van der Waals surface area (Å²) in [5, 5.41) is 2.37. The summed E-state index contributed by atoms with van der Waals surface area (Å²) in [4.78, 5) is 13.2. The van der Waals surface area contributed by atoms with E-state index < -0.39 is 0 Å². The fourth-order valence-electron chi connectivity index (χ4n) is 4.89. The Morgan fingerprint density at radius 3 is 2.53 bits per heavy atom. The van der Waals surface area contributed by atoms with E-state index >= 15 is 0 Å². The molecule has 0 atom stereocenters. The first-order valence-corrected chi connectivity index (χ1v) is 13.4. The Morgan fingerprint density at radius 2 is 1.72 bits per heavy atom. The van der Waals surface area contributed by atoms with Crippen LogP contribution in [-0.2, 0) is 0 Å². The molecule has 1 fully saturated rings. The molecule has 0 bridgehead atoms. The third-order valence-electron chi connectivity index (χ3n) is 7.20. The van der Waals surface area contributed by atoms with E-state index in [1.807, 2.05) is 0 Å². The zero-order valence-electron chi connectivity index (χ0n) is 21.7. The van der Waals surface area contributed by atoms with Gasteiger partial charge in [-0.3, -0.25) is 4.90 Å². The minimum atomic E-state index is 0.729. The van der Waals surface area contributed by atoms with Crippen LogP contribution in [0, 0.1) is 0 Å². The molecule has 0 saturated carbocycles. The van der Waals surface area contributed by atoms with Gasteiger partial charge in [0.05, 0.1) is 5.69 Å². The molecule has 5 nitrogen and oxygen atoms in total. The molecule has 4 aromatic rings. The highest BCUT2D eigenvalue weighted by molar-refractivity contribution is 6.07. The topological polar surface area (TPSA) is 44.4 Å². The predicted molar refractivity (Wildman–Crippen MR) is 152 cm³/mol. The maximum absolute atomic E-state index is 6.03. The van der Waals surface area contributed by atoms with Gasteiger partial charge in [0.25, 0.3) is 0 Å². The first-order valence-electron chi connectivity index (χ1n) is 13.4. The number of unbranched alkanes of at least 4 members (excludes halogenated alkanes) is 3. The van der Waals surface area contributed by atoms with Gasteiger partial charge in [0.2, 0.25) is 0 Å². The molecular weight excluding hydrogens is 444 g/mol. The quantitative estimate of drug-likeness (QED) is 0.259. The number of fused-ring (bicyclic) bond motifs is 3. The van der Waals surface area contributed by atoms with Crippen molar-refractivity contribution in [2.45, 2.75) is 32.6 Å². The minimum absolute atomic E-state index is 0.729. The number of aromatic nitrogens is 2. The highest BCUT2D eigenvalue weighted by atomic mass is 16.5. The fourth-order valence-corrected chi connectivity index (χ4v) is 4.89. The van der Waals surface area contributed by atoms with Crippen LogP contribution in [0.15, 0.2) is 60.7 Å². The van der Waals surface area contributed by atoms with E-state index in [9.17, 15) is 0 Å². The summed E-state index contributed by atoms with van der Waals surface area (Å²) >= 11 is 0. The molecule has 3 heterocycles. The maximum Gasteiger partial charge on any atom is 0.139 e. The van der Waals surface area contributed by atoms with Crippen molar-refractivity contribution in [3.63, 3.8) is 0 Å². The number of hydrogen-bond acceptors (Lipinski definition) is 4. The lowest BCUT2D eigenvalue weighted by Gasteiger charge is -2.32. The lowest BCUT2D eigenvalue weighted by Crippen LogP contribution is -2.45. The van der Waals surface area contributed by atoms with E-state index in [2.05, 4.69) is 95.5 Å². The third kappa shape index (κ3) is 5.97. The molecule has 0 amide bonds. The van der Waals surface area contributed by atoms with E-state index in [0.29, 0.717) is 0 Å². The van der Waals surface area contributed by atoms with Crippen LogP contribution in [0.2, 0.25) is 0 Å². The summed E-state index contributed by atoms with van der Waals surface area (Å²) in [6, 6.07) is 19.4. The van der Waals surface area contributed by atoms with Gasteiger partial charge in [-0.25, -0.2) is 4.98 Å². The Balaban J connectivity index is 1.24. The molecule has 1 aliphatic heterocycles. The number of pyridine rings is 1.